The molecule has 0 aliphatic heterocycles. The van der Waals surface area contributed by atoms with E-state index in [1.165, 1.54) is 0 Å². The molecule has 0 heterocycles. The molecule has 0 bridgehead atoms. The average Bonchev–Trinajstić information content (AvgIpc) is 3.20. The van der Waals surface area contributed by atoms with Crippen molar-refractivity contribution in [1.29, 1.82) is 5.26 Å². The van der Waals surface area contributed by atoms with Crippen molar-refractivity contribution < 1.29 is 8.78 Å². The first kappa shape index (κ1) is 11.5. The van der Waals surface area contributed by atoms with Crippen molar-refractivity contribution in [3.05, 3.63) is 29.3 Å². The van der Waals surface area contributed by atoms with Crippen LogP contribution in [0.1, 0.15) is 31.2 Å². The predicted molar refractivity (Wildman–Crippen MR) is 63.9 cm³/mol. The standard InChI is InChI=1S/C14H14F2N2/c15-11-5-8(7-17)6-12(16)14(11)18-13(9-1-2-9)10-3-4-10/h5-6,9-10,13,18H,1-4H2. The van der Waals surface area contributed by atoms with Crippen LogP contribution in [0.25, 0.3) is 0 Å². The van der Waals surface area contributed by atoms with Gasteiger partial charge in [0.25, 0.3) is 0 Å². The lowest BCUT2D eigenvalue weighted by Gasteiger charge is -2.20. The number of nitriles is 1. The smallest absolute Gasteiger partial charge is 0.150 e. The Bertz CT molecular complexity index is 478. The molecule has 1 N–H and O–H groups in total. The normalized spacial score (nSPS) is 18.8. The fraction of sp³-hybridized carbons (Fsp3) is 0.500. The molecule has 0 atom stereocenters. The summed E-state index contributed by atoms with van der Waals surface area (Å²) in [7, 11) is 0. The van der Waals surface area contributed by atoms with Crippen LogP contribution < -0.4 is 5.32 Å². The Kier molecular flexibility index (Phi) is 2.70. The molecule has 2 saturated carbocycles. The topological polar surface area (TPSA) is 35.8 Å². The van der Waals surface area contributed by atoms with Crippen LogP contribution in [-0.4, -0.2) is 6.04 Å². The number of nitrogens with zero attached hydrogens (tertiary/aromatic N) is 1. The largest absolute Gasteiger partial charge is 0.377 e. The minimum absolute atomic E-state index is 0.0185. The lowest BCUT2D eigenvalue weighted by atomic mass is 10.1. The summed E-state index contributed by atoms with van der Waals surface area (Å²) in [4.78, 5) is 0. The summed E-state index contributed by atoms with van der Waals surface area (Å²) in [6, 6.07) is 4.12. The van der Waals surface area contributed by atoms with E-state index in [0.29, 0.717) is 11.8 Å². The zero-order valence-corrected chi connectivity index (χ0v) is 9.92. The van der Waals surface area contributed by atoms with Crippen molar-refractivity contribution in [2.45, 2.75) is 31.7 Å². The zero-order valence-electron chi connectivity index (χ0n) is 9.92. The minimum Gasteiger partial charge on any atom is -0.377 e. The monoisotopic (exact) mass is 248 g/mol. The number of benzene rings is 1. The molecule has 0 aromatic heterocycles. The van der Waals surface area contributed by atoms with Gasteiger partial charge in [-0.3, -0.25) is 0 Å². The van der Waals surface area contributed by atoms with Gasteiger partial charge in [-0.2, -0.15) is 5.26 Å². The Morgan fingerprint density at radius 1 is 1.11 bits per heavy atom. The quantitative estimate of drug-likeness (QED) is 0.886. The van der Waals surface area contributed by atoms with Gasteiger partial charge in [-0.05, 0) is 49.7 Å². The van der Waals surface area contributed by atoms with Gasteiger partial charge >= 0.3 is 0 Å². The van der Waals surface area contributed by atoms with E-state index in [1.807, 2.05) is 0 Å². The summed E-state index contributed by atoms with van der Waals surface area (Å²) < 4.78 is 27.5. The van der Waals surface area contributed by atoms with Crippen LogP contribution in [0.15, 0.2) is 12.1 Å². The van der Waals surface area contributed by atoms with Crippen LogP contribution in [0.5, 0.6) is 0 Å². The average molecular weight is 248 g/mol. The molecule has 1 aromatic carbocycles. The lowest BCUT2D eigenvalue weighted by Crippen LogP contribution is -2.25. The first-order chi connectivity index (χ1) is 8.69. The Balaban J connectivity index is 1.85. The third kappa shape index (κ3) is 2.17. The minimum atomic E-state index is -0.669. The first-order valence-electron chi connectivity index (χ1n) is 6.34. The van der Waals surface area contributed by atoms with Crippen LogP contribution in [0.2, 0.25) is 0 Å². The first-order valence-corrected chi connectivity index (χ1v) is 6.34. The zero-order chi connectivity index (χ0) is 12.7. The Morgan fingerprint density at radius 3 is 2.00 bits per heavy atom. The molecular formula is C14H14F2N2. The number of anilines is 1. The molecule has 4 heteroatoms. The Morgan fingerprint density at radius 2 is 1.61 bits per heavy atom. The molecule has 3 rings (SSSR count). The summed E-state index contributed by atoms with van der Waals surface area (Å²) in [5.41, 5.74) is -0.0530. The summed E-state index contributed by atoms with van der Waals surface area (Å²) >= 11 is 0. The van der Waals surface area contributed by atoms with E-state index in [2.05, 4.69) is 5.32 Å². The van der Waals surface area contributed by atoms with E-state index in [-0.39, 0.29) is 17.3 Å². The molecule has 0 unspecified atom stereocenters. The fourth-order valence-corrected chi connectivity index (χ4v) is 2.47. The second-order valence-corrected chi connectivity index (χ2v) is 5.27. The highest BCUT2D eigenvalue weighted by Crippen LogP contribution is 2.46. The fourth-order valence-electron chi connectivity index (χ4n) is 2.47. The van der Waals surface area contributed by atoms with E-state index in [4.69, 9.17) is 5.26 Å². The maximum absolute atomic E-state index is 13.8. The SMILES string of the molecule is N#Cc1cc(F)c(NC(C2CC2)C2CC2)c(F)c1. The molecule has 1 aromatic rings. The summed E-state index contributed by atoms with van der Waals surface area (Å²) in [5.74, 6) is -0.213. The van der Waals surface area contributed by atoms with Crippen molar-refractivity contribution in [2.24, 2.45) is 11.8 Å². The number of nitrogens with one attached hydrogen (secondary N) is 1. The maximum atomic E-state index is 13.8. The molecule has 0 amide bonds. The van der Waals surface area contributed by atoms with Gasteiger partial charge in [0.05, 0.1) is 11.6 Å². The second kappa shape index (κ2) is 4.24. The molecule has 2 aliphatic carbocycles. The highest BCUT2D eigenvalue weighted by molar-refractivity contribution is 5.51. The number of hydrogen-bond acceptors (Lipinski definition) is 2. The van der Waals surface area contributed by atoms with Crippen molar-refractivity contribution in [1.82, 2.24) is 0 Å². The van der Waals surface area contributed by atoms with Gasteiger partial charge in [0, 0.05) is 6.04 Å². The molecule has 2 nitrogen and oxygen atoms in total. The number of rotatable bonds is 4. The van der Waals surface area contributed by atoms with Gasteiger partial charge in [0.2, 0.25) is 0 Å². The molecule has 0 radical (unpaired) electrons. The van der Waals surface area contributed by atoms with Gasteiger partial charge in [-0.1, -0.05) is 0 Å². The highest BCUT2D eigenvalue weighted by Gasteiger charge is 2.42. The van der Waals surface area contributed by atoms with Crippen LogP contribution >= 0.6 is 0 Å². The van der Waals surface area contributed by atoms with Crippen molar-refractivity contribution >= 4 is 5.69 Å². The molecule has 0 spiro atoms. The van der Waals surface area contributed by atoms with Crippen molar-refractivity contribution in [3.8, 4) is 6.07 Å². The van der Waals surface area contributed by atoms with Gasteiger partial charge in [0.15, 0.2) is 11.6 Å². The van der Waals surface area contributed by atoms with Gasteiger partial charge in [0.1, 0.15) is 5.69 Å². The molecule has 2 fully saturated rings. The summed E-state index contributed by atoms with van der Waals surface area (Å²) in [6.45, 7) is 0. The second-order valence-electron chi connectivity index (χ2n) is 5.27. The van der Waals surface area contributed by atoms with E-state index >= 15 is 0 Å². The van der Waals surface area contributed by atoms with Crippen LogP contribution in [0.3, 0.4) is 0 Å². The number of hydrogen-bond donors (Lipinski definition) is 1. The molecule has 18 heavy (non-hydrogen) atoms. The van der Waals surface area contributed by atoms with E-state index in [9.17, 15) is 8.78 Å². The Hall–Kier alpha value is -1.63. The van der Waals surface area contributed by atoms with E-state index < -0.39 is 11.6 Å². The van der Waals surface area contributed by atoms with Crippen LogP contribution in [0.4, 0.5) is 14.5 Å². The van der Waals surface area contributed by atoms with Gasteiger partial charge in [-0.25, -0.2) is 8.78 Å². The highest BCUT2D eigenvalue weighted by atomic mass is 19.1. The van der Waals surface area contributed by atoms with Gasteiger partial charge in [-0.15, -0.1) is 0 Å². The van der Waals surface area contributed by atoms with Crippen molar-refractivity contribution in [2.75, 3.05) is 5.32 Å². The molecular weight excluding hydrogens is 234 g/mol. The lowest BCUT2D eigenvalue weighted by molar-refractivity contribution is 0.540. The van der Waals surface area contributed by atoms with Crippen molar-refractivity contribution in [3.63, 3.8) is 0 Å². The number of halogens is 2. The third-order valence-corrected chi connectivity index (χ3v) is 3.74. The molecule has 2 aliphatic rings. The third-order valence-electron chi connectivity index (χ3n) is 3.74. The van der Waals surface area contributed by atoms with Crippen LogP contribution in [0, 0.1) is 34.8 Å². The maximum Gasteiger partial charge on any atom is 0.150 e. The summed E-state index contributed by atoms with van der Waals surface area (Å²) in [5, 5.41) is 11.7. The van der Waals surface area contributed by atoms with Crippen LogP contribution in [-0.2, 0) is 0 Å². The van der Waals surface area contributed by atoms with E-state index in [0.717, 1.165) is 37.8 Å². The molecule has 0 saturated heterocycles. The van der Waals surface area contributed by atoms with E-state index in [1.54, 1.807) is 6.07 Å². The molecule has 94 valence electrons. The van der Waals surface area contributed by atoms with Gasteiger partial charge < -0.3 is 5.32 Å². The Labute approximate surface area is 105 Å². The predicted octanol–water partition coefficient (Wildman–Crippen LogP) is 3.44. The summed E-state index contributed by atoms with van der Waals surface area (Å²) in [6.07, 6.45) is 4.59.